The Morgan fingerprint density at radius 3 is 1.14 bits per heavy atom. The molecule has 11 nitrogen and oxygen atoms in total. The number of carbonyl (C=O) groups is 4. The number of carboxylic acid groups (broad SMARTS) is 4. The lowest BCUT2D eigenvalue weighted by Crippen LogP contribution is -2.22. The van der Waals surface area contributed by atoms with Crippen molar-refractivity contribution in [1.82, 2.24) is 0 Å². The highest BCUT2D eigenvalue weighted by atomic mass is 16.4. The molecule has 124 valence electrons. The van der Waals surface area contributed by atoms with E-state index in [0.717, 1.165) is 0 Å². The lowest BCUT2D eigenvalue weighted by atomic mass is 10.3. The summed E-state index contributed by atoms with van der Waals surface area (Å²) < 4.78 is 0. The highest BCUT2D eigenvalue weighted by Gasteiger charge is 2.16. The zero-order valence-electron chi connectivity index (χ0n) is 11.1. The van der Waals surface area contributed by atoms with Crippen LogP contribution in [0.25, 0.3) is 0 Å². The van der Waals surface area contributed by atoms with E-state index in [4.69, 9.17) is 37.0 Å². The van der Waals surface area contributed by atoms with Gasteiger partial charge in [0.15, 0.2) is 6.10 Å². The minimum absolute atomic E-state index is 0.0694. The molecule has 0 aromatic rings. The van der Waals surface area contributed by atoms with Gasteiger partial charge in [-0.1, -0.05) is 0 Å². The van der Waals surface area contributed by atoms with Crippen molar-refractivity contribution >= 4 is 23.9 Å². The second kappa shape index (κ2) is 15.8. The molecule has 1 unspecified atom stereocenters. The summed E-state index contributed by atoms with van der Waals surface area (Å²) in [6.07, 6.45) is -2.41. The van der Waals surface area contributed by atoms with Gasteiger partial charge >= 0.3 is 23.9 Å². The molecule has 0 aromatic carbocycles. The van der Waals surface area contributed by atoms with Crippen molar-refractivity contribution < 1.29 is 44.7 Å². The van der Waals surface area contributed by atoms with Crippen molar-refractivity contribution in [2.45, 2.75) is 25.4 Å². The average Bonchev–Trinajstić information content (AvgIpc) is 2.28. The number of carboxylic acids is 4. The van der Waals surface area contributed by atoms with Crippen LogP contribution in [0.3, 0.4) is 0 Å². The summed E-state index contributed by atoms with van der Waals surface area (Å²) in [7, 11) is 0. The van der Waals surface area contributed by atoms with Crippen LogP contribution in [-0.2, 0) is 19.2 Å². The molecule has 0 spiro atoms. The number of nitrogens with two attached hydrogens (primary N) is 2. The molecule has 0 aromatic heterocycles. The van der Waals surface area contributed by atoms with E-state index < -0.39 is 36.4 Å². The van der Waals surface area contributed by atoms with Gasteiger partial charge in [0, 0.05) is 13.1 Å². The first kappa shape index (κ1) is 23.8. The fourth-order valence-electron chi connectivity index (χ4n) is 0.500. The molecular weight excluding hydrogens is 292 g/mol. The lowest BCUT2D eigenvalue weighted by Gasteiger charge is -1.97. The van der Waals surface area contributed by atoms with Crippen molar-refractivity contribution in [2.24, 2.45) is 11.5 Å². The minimum Gasteiger partial charge on any atom is -0.481 e. The Kier molecular flexibility index (Phi) is 17.9. The summed E-state index contributed by atoms with van der Waals surface area (Å²) in [6.45, 7) is 0.463. The van der Waals surface area contributed by atoms with Gasteiger partial charge in [0.1, 0.15) is 0 Å². The standard InChI is InChI=1S/C4H6O5.2C3H7NO2/c5-2(4(8)9)1-3(6)7;2*4-2-1-3(5)6/h2,5H,1H2,(H,6,7)(H,8,9);2*1-2,4H2,(H,5,6). The summed E-state index contributed by atoms with van der Waals surface area (Å²) in [6, 6.07) is 0. The molecule has 0 aliphatic heterocycles. The van der Waals surface area contributed by atoms with E-state index in [9.17, 15) is 19.2 Å². The third-order valence-electron chi connectivity index (χ3n) is 1.37. The van der Waals surface area contributed by atoms with Crippen molar-refractivity contribution in [3.05, 3.63) is 0 Å². The number of aliphatic carboxylic acids is 4. The zero-order valence-corrected chi connectivity index (χ0v) is 11.1. The summed E-state index contributed by atoms with van der Waals surface area (Å²) >= 11 is 0. The topological polar surface area (TPSA) is 221 Å². The van der Waals surface area contributed by atoms with Gasteiger partial charge in [-0.05, 0) is 0 Å². The molecule has 21 heavy (non-hydrogen) atoms. The highest BCUT2D eigenvalue weighted by Crippen LogP contribution is 1.89. The molecule has 0 radical (unpaired) electrons. The van der Waals surface area contributed by atoms with Gasteiger partial charge in [-0.2, -0.15) is 0 Å². The van der Waals surface area contributed by atoms with Crippen molar-refractivity contribution in [3.8, 4) is 0 Å². The van der Waals surface area contributed by atoms with Gasteiger partial charge in [0.2, 0.25) is 0 Å². The van der Waals surface area contributed by atoms with E-state index in [-0.39, 0.29) is 25.9 Å². The monoisotopic (exact) mass is 312 g/mol. The van der Waals surface area contributed by atoms with Gasteiger partial charge < -0.3 is 37.0 Å². The van der Waals surface area contributed by atoms with Crippen LogP contribution in [0.4, 0.5) is 0 Å². The number of hydrogen-bond acceptors (Lipinski definition) is 7. The van der Waals surface area contributed by atoms with Gasteiger partial charge in [0.25, 0.3) is 0 Å². The van der Waals surface area contributed by atoms with Crippen LogP contribution < -0.4 is 11.5 Å². The maximum Gasteiger partial charge on any atom is 0.333 e. The molecule has 0 saturated heterocycles. The first-order valence-electron chi connectivity index (χ1n) is 5.54. The molecule has 0 amide bonds. The molecule has 0 bridgehead atoms. The van der Waals surface area contributed by atoms with Crippen LogP contribution in [0, 0.1) is 0 Å². The summed E-state index contributed by atoms with van der Waals surface area (Å²) in [5, 5.41) is 39.8. The largest absolute Gasteiger partial charge is 0.481 e. The first-order chi connectivity index (χ1) is 9.58. The summed E-state index contributed by atoms with van der Waals surface area (Å²) in [5.41, 5.74) is 9.70. The Hall–Kier alpha value is -2.24. The van der Waals surface area contributed by atoms with Crippen LogP contribution in [0.2, 0.25) is 0 Å². The molecule has 1 atom stereocenters. The Labute approximate surface area is 119 Å². The molecule has 11 heteroatoms. The molecule has 0 fully saturated rings. The predicted octanol–water partition coefficient (Wildman–Crippen LogP) is -2.25. The first-order valence-corrected chi connectivity index (χ1v) is 5.54. The van der Waals surface area contributed by atoms with E-state index in [0.29, 0.717) is 0 Å². The molecule has 0 aliphatic carbocycles. The number of aliphatic hydroxyl groups is 1. The van der Waals surface area contributed by atoms with E-state index in [1.54, 1.807) is 0 Å². The summed E-state index contributed by atoms with van der Waals surface area (Å²) in [5.74, 6) is -4.52. The Morgan fingerprint density at radius 1 is 0.762 bits per heavy atom. The van der Waals surface area contributed by atoms with Crippen LogP contribution in [0.1, 0.15) is 19.3 Å². The molecule has 0 rings (SSSR count). The molecule has 0 aliphatic rings. The quantitative estimate of drug-likeness (QED) is 0.266. The van der Waals surface area contributed by atoms with E-state index in [1.165, 1.54) is 0 Å². The number of rotatable bonds is 7. The SMILES string of the molecule is NCCC(=O)O.NCCC(=O)O.O=C(O)CC(O)C(=O)O. The van der Waals surface area contributed by atoms with Crippen LogP contribution in [0.5, 0.6) is 0 Å². The van der Waals surface area contributed by atoms with Crippen molar-refractivity contribution in [2.75, 3.05) is 13.1 Å². The van der Waals surface area contributed by atoms with E-state index in [2.05, 4.69) is 0 Å². The average molecular weight is 312 g/mol. The van der Waals surface area contributed by atoms with Crippen molar-refractivity contribution in [3.63, 3.8) is 0 Å². The Balaban J connectivity index is -0.000000240. The fourth-order valence-corrected chi connectivity index (χ4v) is 0.500. The van der Waals surface area contributed by atoms with Gasteiger partial charge in [-0.25, -0.2) is 4.79 Å². The Morgan fingerprint density at radius 2 is 1.10 bits per heavy atom. The Bertz CT molecular complexity index is 316. The highest BCUT2D eigenvalue weighted by molar-refractivity contribution is 5.79. The normalized spacial score (nSPS) is 10.0. The van der Waals surface area contributed by atoms with Crippen molar-refractivity contribution in [1.29, 1.82) is 0 Å². The third kappa shape index (κ3) is 31.9. The maximum absolute atomic E-state index is 9.72. The van der Waals surface area contributed by atoms with Crippen LogP contribution >= 0.6 is 0 Å². The van der Waals surface area contributed by atoms with Crippen LogP contribution in [0.15, 0.2) is 0 Å². The van der Waals surface area contributed by atoms with E-state index in [1.807, 2.05) is 0 Å². The smallest absolute Gasteiger partial charge is 0.333 e. The van der Waals surface area contributed by atoms with Gasteiger partial charge in [-0.3, -0.25) is 14.4 Å². The fraction of sp³-hybridized carbons (Fsp3) is 0.600. The number of hydrogen-bond donors (Lipinski definition) is 7. The van der Waals surface area contributed by atoms with E-state index >= 15 is 0 Å². The molecule has 0 heterocycles. The maximum atomic E-state index is 9.72. The molecule has 9 N–H and O–H groups in total. The summed E-state index contributed by atoms with van der Waals surface area (Å²) in [4.78, 5) is 38.5. The lowest BCUT2D eigenvalue weighted by molar-refractivity contribution is -0.152. The second-order valence-corrected chi connectivity index (χ2v) is 3.32. The predicted molar refractivity (Wildman–Crippen MR) is 68.5 cm³/mol. The minimum atomic E-state index is -1.79. The number of aliphatic hydroxyl groups excluding tert-OH is 1. The second-order valence-electron chi connectivity index (χ2n) is 3.32. The van der Waals surface area contributed by atoms with Gasteiger partial charge in [0.05, 0.1) is 19.3 Å². The molecular formula is C10H20N2O9. The molecule has 0 saturated carbocycles. The zero-order chi connectivity index (χ0) is 17.4. The van der Waals surface area contributed by atoms with Gasteiger partial charge in [-0.15, -0.1) is 0 Å². The van der Waals surface area contributed by atoms with Crippen LogP contribution in [-0.4, -0.2) is 68.6 Å². The third-order valence-corrected chi connectivity index (χ3v) is 1.37.